The Kier molecular flexibility index (Phi) is 22.7. The molecular formula is C84H87F6N21O6. The predicted octanol–water partition coefficient (Wildman–Crippen LogP) is 14.2. The summed E-state index contributed by atoms with van der Waals surface area (Å²) in [5.74, 6) is -6.70. The van der Waals surface area contributed by atoms with Gasteiger partial charge in [0.2, 0.25) is 17.6 Å². The van der Waals surface area contributed by atoms with Crippen LogP contribution in [0.4, 0.5) is 77.9 Å². The Bertz CT molecular complexity index is 5660. The highest BCUT2D eigenvalue weighted by atomic mass is 19.1. The van der Waals surface area contributed by atoms with E-state index in [1.54, 1.807) is 20.8 Å². The van der Waals surface area contributed by atoms with E-state index in [0.29, 0.717) is 34.1 Å². The maximum Gasteiger partial charge on any atom is 0.260 e. The van der Waals surface area contributed by atoms with E-state index in [-0.39, 0.29) is 120 Å². The number of aryl methyl sites for hydroxylation is 3. The molecule has 3 saturated heterocycles. The third-order valence-electron chi connectivity index (χ3n) is 21.1. The zero-order valence-electron chi connectivity index (χ0n) is 64.9. The number of ether oxygens (including phenoxy) is 3. The van der Waals surface area contributed by atoms with Crippen LogP contribution in [0.3, 0.4) is 0 Å². The minimum absolute atomic E-state index is 0.00994. The van der Waals surface area contributed by atoms with E-state index in [0.717, 1.165) is 159 Å². The van der Waals surface area contributed by atoms with Crippen LogP contribution in [0.1, 0.15) is 93.6 Å². The van der Waals surface area contributed by atoms with Gasteiger partial charge in [0.05, 0.1) is 16.6 Å². The summed E-state index contributed by atoms with van der Waals surface area (Å²) in [6.45, 7) is 20.0. The number of carbonyl (C=O) groups excluding carboxylic acids is 3. The third kappa shape index (κ3) is 18.0. The molecule has 3 amide bonds. The van der Waals surface area contributed by atoms with Gasteiger partial charge in [0.15, 0.2) is 69.6 Å². The van der Waals surface area contributed by atoms with Gasteiger partial charge in [-0.2, -0.15) is 0 Å². The SMILES string of the molecule is CCN1CCN(c2ccc(Nc3ncnc(Oc4cc(F)c5[nH]c(C)cc5c4F)c3C(=O)NC3CC3)cc2)CC1.Cc1cc2c(F)c(Oc3ncnc(Nc4ccc(N5CCN(C)CC5)cc4)c3C(=O)NC3CC3)cc(F)c2[nH]1.Cc1cc2c(F)c(Oc3ncnc(Nc4ccc(N5CCNCC5)cc4)c3C(=O)NC3CC3)cc(F)c2[nH]1. The van der Waals surface area contributed by atoms with E-state index in [9.17, 15) is 27.6 Å². The van der Waals surface area contributed by atoms with Crippen molar-refractivity contribution in [3.05, 3.63) is 197 Å². The monoisotopic (exact) mass is 1600 g/mol. The lowest BCUT2D eigenvalue weighted by Gasteiger charge is -2.35. The molecule has 33 heteroatoms. The first kappa shape index (κ1) is 78.2. The first-order valence-electron chi connectivity index (χ1n) is 39.1. The fourth-order valence-electron chi connectivity index (χ4n) is 14.2. The summed E-state index contributed by atoms with van der Waals surface area (Å²) < 4.78 is 107. The van der Waals surface area contributed by atoms with E-state index in [1.807, 2.05) is 72.8 Å². The predicted molar refractivity (Wildman–Crippen MR) is 435 cm³/mol. The van der Waals surface area contributed by atoms with Gasteiger partial charge < -0.3 is 90.9 Å². The maximum absolute atomic E-state index is 15.3. The molecule has 10 N–H and O–H groups in total. The number of fused-ring (bicyclic) bond motifs is 3. The molecule has 117 heavy (non-hydrogen) atoms. The number of rotatable bonds is 22. The number of halogens is 6. The Hall–Kier alpha value is -12.8. The number of carbonyl (C=O) groups is 3. The molecule has 3 aliphatic heterocycles. The largest absolute Gasteiger partial charge is 0.435 e. The molecule has 0 spiro atoms. The van der Waals surface area contributed by atoms with E-state index < -0.39 is 52.6 Å². The number of anilines is 9. The van der Waals surface area contributed by atoms with Crippen LogP contribution in [0, 0.1) is 55.7 Å². The lowest BCUT2D eigenvalue weighted by molar-refractivity contribution is 0.0939. The molecule has 0 unspecified atom stereocenters. The van der Waals surface area contributed by atoms with Gasteiger partial charge >= 0.3 is 0 Å². The Morgan fingerprint density at radius 2 is 0.709 bits per heavy atom. The van der Waals surface area contributed by atoms with Crippen molar-refractivity contribution in [3.8, 4) is 34.9 Å². The second-order valence-electron chi connectivity index (χ2n) is 30.0. The molecule has 12 aromatic rings. The standard InChI is InChI=1S/C29H31F2N7O2.C28H29F2N7O2.C27H27F2N7O2/c1-3-37-10-12-38(13-11-37)20-8-6-18(7-9-20)35-27-24(28(39)36-19-4-5-19)29(33-16-32-27)40-23-15-22(30)26-21(25(23)31)14-17(2)34-26;1-16-13-20-24(30)22(14-21(29)25(20)33-16)39-28-23(27(38)35-18-3-4-18)26(31-15-32-28)34-17-5-7-19(8-6-17)37-11-9-36(2)10-12-37;1-15-12-19-23(29)21(13-20(28)24(19)33-15)38-27-22(26(37)35-17-2-3-17)25(31-14-32-27)34-16-4-6-18(7-5-16)36-10-8-30-9-11-36/h6-9,14-16,19,34H,3-5,10-13H2,1-2H3,(H,36,39)(H,32,33,35);5-8,13-15,18,33H,3-4,9-12H2,1-2H3,(H,35,38)(H,31,32,34);4-7,12-14,17,30,33H,2-3,8-11H2,1H3,(H,35,37)(H,31,32,34). The van der Waals surface area contributed by atoms with E-state index >= 15 is 13.2 Å². The highest BCUT2D eigenvalue weighted by Crippen LogP contribution is 2.41. The Balaban J connectivity index is 0.000000131. The first-order valence-corrected chi connectivity index (χ1v) is 39.1. The van der Waals surface area contributed by atoms with Crippen LogP contribution in [-0.4, -0.2) is 183 Å². The normalized spacial score (nSPS) is 15.8. The highest BCUT2D eigenvalue weighted by Gasteiger charge is 2.34. The smallest absolute Gasteiger partial charge is 0.260 e. The number of piperazine rings is 3. The minimum atomic E-state index is -0.754. The minimum Gasteiger partial charge on any atom is -0.435 e. The fourth-order valence-corrected chi connectivity index (χ4v) is 14.2. The van der Waals surface area contributed by atoms with Crippen molar-refractivity contribution in [2.75, 3.05) is 123 Å². The van der Waals surface area contributed by atoms with Crippen molar-refractivity contribution in [3.63, 3.8) is 0 Å². The van der Waals surface area contributed by atoms with E-state index in [2.05, 4.69) is 121 Å². The topological polar surface area (TPSA) is 304 Å². The molecule has 6 fully saturated rings. The summed E-state index contributed by atoms with van der Waals surface area (Å²) in [6.07, 6.45) is 8.88. The summed E-state index contributed by atoms with van der Waals surface area (Å²) in [5, 5.41) is 21.8. The molecule has 0 bridgehead atoms. The summed E-state index contributed by atoms with van der Waals surface area (Å²) in [4.78, 5) is 85.1. The van der Waals surface area contributed by atoms with Crippen LogP contribution in [0.2, 0.25) is 0 Å². The maximum atomic E-state index is 15.3. The Labute approximate surface area is 668 Å². The zero-order valence-corrected chi connectivity index (χ0v) is 64.9. The number of aromatic amines is 3. The average Bonchev–Trinajstić information content (AvgIpc) is 1.77. The van der Waals surface area contributed by atoms with Crippen molar-refractivity contribution >= 4 is 102 Å². The fraction of sp³-hybridized carbons (Fsp3) is 0.321. The number of H-pyrrole nitrogens is 3. The molecule has 0 atom stereocenters. The number of nitrogens with zero attached hydrogens (tertiary/aromatic N) is 11. The summed E-state index contributed by atoms with van der Waals surface area (Å²) in [6, 6.07) is 31.1. The highest BCUT2D eigenvalue weighted by molar-refractivity contribution is 6.04. The quantitative estimate of drug-likeness (QED) is 0.0282. The van der Waals surface area contributed by atoms with Gasteiger partial charge in [-0.3, -0.25) is 14.4 Å². The Morgan fingerprint density at radius 3 is 1.01 bits per heavy atom. The molecule has 18 rings (SSSR count). The van der Waals surface area contributed by atoms with Crippen molar-refractivity contribution in [1.29, 1.82) is 0 Å². The van der Waals surface area contributed by atoms with Crippen molar-refractivity contribution in [1.82, 2.24) is 75.9 Å². The Morgan fingerprint density at radius 1 is 0.410 bits per heavy atom. The first-order chi connectivity index (χ1) is 56.7. The van der Waals surface area contributed by atoms with Crippen molar-refractivity contribution in [2.24, 2.45) is 0 Å². The average molecular weight is 1600 g/mol. The number of likely N-dealkylation sites (N-methyl/N-ethyl adjacent to an activating group) is 2. The molecule has 3 saturated carbocycles. The second kappa shape index (κ2) is 34.0. The van der Waals surface area contributed by atoms with Crippen LogP contribution in [-0.2, 0) is 0 Å². The molecule has 606 valence electrons. The molecule has 0 radical (unpaired) electrons. The number of nitrogens with one attached hydrogen (secondary N) is 10. The molecule has 3 aliphatic carbocycles. The van der Waals surface area contributed by atoms with Crippen LogP contribution < -0.4 is 66.1 Å². The van der Waals surface area contributed by atoms with Crippen LogP contribution in [0.25, 0.3) is 32.7 Å². The molecular weight excluding hydrogens is 1510 g/mol. The zero-order chi connectivity index (χ0) is 81.1. The molecule has 6 aromatic heterocycles. The van der Waals surface area contributed by atoms with Gasteiger partial charge in [-0.25, -0.2) is 56.2 Å². The van der Waals surface area contributed by atoms with Gasteiger partial charge in [-0.05, 0) is 164 Å². The second-order valence-corrected chi connectivity index (χ2v) is 30.0. The van der Waals surface area contributed by atoms with Gasteiger partial charge in [0, 0.05) is 182 Å². The number of amides is 3. The van der Waals surface area contributed by atoms with E-state index in [1.165, 1.54) is 37.2 Å². The molecule has 9 heterocycles. The number of hydrogen-bond donors (Lipinski definition) is 10. The van der Waals surface area contributed by atoms with Gasteiger partial charge in [-0.1, -0.05) is 6.92 Å². The molecule has 27 nitrogen and oxygen atoms in total. The summed E-state index contributed by atoms with van der Waals surface area (Å²) in [7, 11) is 2.12. The summed E-state index contributed by atoms with van der Waals surface area (Å²) >= 11 is 0. The van der Waals surface area contributed by atoms with Crippen molar-refractivity contribution < 1.29 is 54.9 Å². The lowest BCUT2D eigenvalue weighted by Crippen LogP contribution is -2.46. The molecule has 6 aliphatic rings. The van der Waals surface area contributed by atoms with Crippen molar-refractivity contribution in [2.45, 2.75) is 84.3 Å². The van der Waals surface area contributed by atoms with Crippen LogP contribution >= 0.6 is 0 Å². The lowest BCUT2D eigenvalue weighted by atomic mass is 10.2. The van der Waals surface area contributed by atoms with E-state index in [4.69, 9.17) is 14.2 Å². The number of hydrogen-bond acceptors (Lipinski definition) is 21. The van der Waals surface area contributed by atoms with Gasteiger partial charge in [0.25, 0.3) is 17.7 Å². The van der Waals surface area contributed by atoms with Crippen LogP contribution in [0.15, 0.2) is 128 Å². The van der Waals surface area contributed by atoms with Gasteiger partial charge in [-0.15, -0.1) is 0 Å². The molecule has 6 aromatic carbocycles. The van der Waals surface area contributed by atoms with Gasteiger partial charge in [0.1, 0.15) is 35.7 Å². The summed E-state index contributed by atoms with van der Waals surface area (Å²) in [5.41, 5.74) is 7.46. The number of aromatic nitrogens is 9. The van der Waals surface area contributed by atoms with Crippen LogP contribution in [0.5, 0.6) is 34.9 Å². The third-order valence-corrected chi connectivity index (χ3v) is 21.1. The number of benzene rings is 6.